The molecular formula is C24H20FN3O3S. The molecule has 0 atom stereocenters. The minimum absolute atomic E-state index is 0.0216. The van der Waals surface area contributed by atoms with Crippen LogP contribution in [0.25, 0.3) is 11.1 Å². The van der Waals surface area contributed by atoms with Crippen LogP contribution in [0.15, 0.2) is 94.7 Å². The highest BCUT2D eigenvalue weighted by molar-refractivity contribution is 7.89. The van der Waals surface area contributed by atoms with Gasteiger partial charge in [0.1, 0.15) is 5.82 Å². The van der Waals surface area contributed by atoms with E-state index in [9.17, 15) is 17.6 Å². The lowest BCUT2D eigenvalue weighted by atomic mass is 9.97. The Morgan fingerprint density at radius 2 is 1.53 bits per heavy atom. The third kappa shape index (κ3) is 4.82. The summed E-state index contributed by atoms with van der Waals surface area (Å²) >= 11 is 0. The third-order valence-corrected chi connectivity index (χ3v) is 6.04. The number of nitrogens with zero attached hydrogens (tertiary/aromatic N) is 2. The third-order valence-electron chi connectivity index (χ3n) is 5.11. The van der Waals surface area contributed by atoms with Crippen molar-refractivity contribution in [3.05, 3.63) is 118 Å². The van der Waals surface area contributed by atoms with Crippen molar-refractivity contribution < 1.29 is 12.8 Å². The van der Waals surface area contributed by atoms with Crippen LogP contribution in [-0.2, 0) is 23.0 Å². The van der Waals surface area contributed by atoms with E-state index in [2.05, 4.69) is 5.10 Å². The SMILES string of the molecule is NS(=O)(=O)c1ccc(-c2cnn(Cc3ccccc3)c(=O)c2Cc2ccc(F)cc2)cc1. The van der Waals surface area contributed by atoms with Crippen LogP contribution in [-0.4, -0.2) is 18.2 Å². The normalized spacial score (nSPS) is 11.4. The van der Waals surface area contributed by atoms with E-state index >= 15 is 0 Å². The fourth-order valence-corrected chi connectivity index (χ4v) is 3.96. The average molecular weight is 450 g/mol. The Labute approximate surface area is 184 Å². The predicted molar refractivity (Wildman–Crippen MR) is 120 cm³/mol. The van der Waals surface area contributed by atoms with Crippen LogP contribution in [0, 0.1) is 5.82 Å². The monoisotopic (exact) mass is 449 g/mol. The van der Waals surface area contributed by atoms with Gasteiger partial charge in [-0.25, -0.2) is 22.6 Å². The number of hydrogen-bond donors (Lipinski definition) is 1. The van der Waals surface area contributed by atoms with Gasteiger partial charge in [0.2, 0.25) is 10.0 Å². The summed E-state index contributed by atoms with van der Waals surface area (Å²) in [4.78, 5) is 13.4. The topological polar surface area (TPSA) is 95.1 Å². The zero-order chi connectivity index (χ0) is 22.7. The van der Waals surface area contributed by atoms with Crippen molar-refractivity contribution >= 4 is 10.0 Å². The molecule has 162 valence electrons. The van der Waals surface area contributed by atoms with E-state index in [1.807, 2.05) is 30.3 Å². The summed E-state index contributed by atoms with van der Waals surface area (Å²) < 4.78 is 37.9. The van der Waals surface area contributed by atoms with Crippen molar-refractivity contribution in [2.24, 2.45) is 5.14 Å². The number of sulfonamides is 1. The smallest absolute Gasteiger partial charge is 0.267 e. The van der Waals surface area contributed by atoms with Crippen molar-refractivity contribution in [2.75, 3.05) is 0 Å². The van der Waals surface area contributed by atoms with Gasteiger partial charge in [0.25, 0.3) is 5.56 Å². The number of aromatic nitrogens is 2. The fraction of sp³-hybridized carbons (Fsp3) is 0.0833. The molecule has 0 aliphatic rings. The molecule has 0 spiro atoms. The molecule has 8 heteroatoms. The van der Waals surface area contributed by atoms with Gasteiger partial charge in [-0.2, -0.15) is 5.10 Å². The molecule has 1 aromatic heterocycles. The summed E-state index contributed by atoms with van der Waals surface area (Å²) in [6.45, 7) is 0.306. The lowest BCUT2D eigenvalue weighted by molar-refractivity contribution is 0.598. The van der Waals surface area contributed by atoms with Crippen LogP contribution in [0.5, 0.6) is 0 Å². The molecule has 0 aliphatic heterocycles. The standard InChI is InChI=1S/C24H20FN3O3S/c25-20-10-6-17(7-11-20)14-22-23(19-8-12-21(13-9-19)32(26,30)31)15-27-28(24(22)29)16-18-4-2-1-3-5-18/h1-13,15H,14,16H2,(H2,26,30,31). The van der Waals surface area contributed by atoms with Crippen LogP contribution in [0.1, 0.15) is 16.7 Å². The molecule has 0 fully saturated rings. The maximum Gasteiger partial charge on any atom is 0.271 e. The highest BCUT2D eigenvalue weighted by Gasteiger charge is 2.16. The Kier molecular flexibility index (Phi) is 5.98. The molecule has 2 N–H and O–H groups in total. The molecule has 0 radical (unpaired) electrons. The van der Waals surface area contributed by atoms with Crippen molar-refractivity contribution in [1.29, 1.82) is 0 Å². The molecule has 0 bridgehead atoms. The van der Waals surface area contributed by atoms with Crippen LogP contribution in [0.4, 0.5) is 4.39 Å². The van der Waals surface area contributed by atoms with Gasteiger partial charge in [-0.05, 0) is 41.0 Å². The first-order valence-electron chi connectivity index (χ1n) is 9.82. The number of rotatable bonds is 6. The number of halogens is 1. The van der Waals surface area contributed by atoms with E-state index in [0.717, 1.165) is 11.1 Å². The van der Waals surface area contributed by atoms with E-state index in [1.165, 1.54) is 28.9 Å². The summed E-state index contributed by atoms with van der Waals surface area (Å²) in [5.74, 6) is -0.358. The summed E-state index contributed by atoms with van der Waals surface area (Å²) in [7, 11) is -3.83. The van der Waals surface area contributed by atoms with E-state index in [0.29, 0.717) is 23.2 Å². The second-order valence-corrected chi connectivity index (χ2v) is 8.92. The fourth-order valence-electron chi connectivity index (χ4n) is 3.45. The summed E-state index contributed by atoms with van der Waals surface area (Å²) in [5, 5.41) is 9.52. The average Bonchev–Trinajstić information content (AvgIpc) is 2.78. The first-order valence-corrected chi connectivity index (χ1v) is 11.4. The molecule has 6 nitrogen and oxygen atoms in total. The molecule has 0 amide bonds. The summed E-state index contributed by atoms with van der Waals surface area (Å²) in [5.41, 5.74) is 3.11. The quantitative estimate of drug-likeness (QED) is 0.488. The first-order chi connectivity index (χ1) is 15.3. The molecule has 0 unspecified atom stereocenters. The van der Waals surface area contributed by atoms with E-state index in [-0.39, 0.29) is 22.7 Å². The molecule has 4 rings (SSSR count). The van der Waals surface area contributed by atoms with Gasteiger partial charge in [0.05, 0.1) is 17.6 Å². The van der Waals surface area contributed by atoms with Gasteiger partial charge in [-0.1, -0.05) is 54.6 Å². The molecular weight excluding hydrogens is 429 g/mol. The minimum atomic E-state index is -3.83. The van der Waals surface area contributed by atoms with Crippen molar-refractivity contribution in [2.45, 2.75) is 17.9 Å². The van der Waals surface area contributed by atoms with Crippen LogP contribution >= 0.6 is 0 Å². The Morgan fingerprint density at radius 3 is 2.16 bits per heavy atom. The van der Waals surface area contributed by atoms with Gasteiger partial charge in [0, 0.05) is 17.5 Å². The molecule has 0 saturated carbocycles. The Bertz CT molecular complexity index is 1400. The number of benzene rings is 3. The van der Waals surface area contributed by atoms with Gasteiger partial charge >= 0.3 is 0 Å². The van der Waals surface area contributed by atoms with Crippen LogP contribution in [0.3, 0.4) is 0 Å². The summed E-state index contributed by atoms with van der Waals surface area (Å²) in [6, 6.07) is 21.4. The largest absolute Gasteiger partial charge is 0.271 e. The molecule has 3 aromatic carbocycles. The van der Waals surface area contributed by atoms with Gasteiger partial charge in [-0.15, -0.1) is 0 Å². The van der Waals surface area contributed by atoms with Crippen molar-refractivity contribution in [1.82, 2.24) is 9.78 Å². The van der Waals surface area contributed by atoms with E-state index < -0.39 is 10.0 Å². The van der Waals surface area contributed by atoms with Gasteiger partial charge < -0.3 is 0 Å². The van der Waals surface area contributed by atoms with Crippen molar-refractivity contribution in [3.63, 3.8) is 0 Å². The highest BCUT2D eigenvalue weighted by Crippen LogP contribution is 2.24. The molecule has 0 saturated heterocycles. The maximum atomic E-state index is 13.4. The Hall–Kier alpha value is -3.62. The lowest BCUT2D eigenvalue weighted by Crippen LogP contribution is -2.27. The zero-order valence-electron chi connectivity index (χ0n) is 17.0. The zero-order valence-corrected chi connectivity index (χ0v) is 17.8. The lowest BCUT2D eigenvalue weighted by Gasteiger charge is -2.13. The maximum absolute atomic E-state index is 13.4. The number of nitrogens with two attached hydrogens (primary N) is 1. The summed E-state index contributed by atoms with van der Waals surface area (Å²) in [6.07, 6.45) is 1.86. The van der Waals surface area contributed by atoms with Crippen LogP contribution in [0.2, 0.25) is 0 Å². The van der Waals surface area contributed by atoms with E-state index in [1.54, 1.807) is 30.5 Å². The number of hydrogen-bond acceptors (Lipinski definition) is 4. The van der Waals surface area contributed by atoms with Crippen molar-refractivity contribution in [3.8, 4) is 11.1 Å². The molecule has 0 aliphatic carbocycles. The molecule has 4 aromatic rings. The Balaban J connectivity index is 1.80. The highest BCUT2D eigenvalue weighted by atomic mass is 32.2. The van der Waals surface area contributed by atoms with Gasteiger partial charge in [-0.3, -0.25) is 4.79 Å². The first kappa shape index (κ1) is 21.6. The Morgan fingerprint density at radius 1 is 0.875 bits per heavy atom. The minimum Gasteiger partial charge on any atom is -0.267 e. The predicted octanol–water partition coefficient (Wildman–Crippen LogP) is 3.34. The van der Waals surface area contributed by atoms with E-state index in [4.69, 9.17) is 5.14 Å². The second-order valence-electron chi connectivity index (χ2n) is 7.36. The molecule has 32 heavy (non-hydrogen) atoms. The molecule has 1 heterocycles. The van der Waals surface area contributed by atoms with Crippen LogP contribution < -0.4 is 10.7 Å². The number of primary sulfonamides is 1. The second kappa shape index (κ2) is 8.86. The van der Waals surface area contributed by atoms with Gasteiger partial charge in [0.15, 0.2) is 0 Å².